The van der Waals surface area contributed by atoms with Crippen molar-refractivity contribution < 1.29 is 17.9 Å². The summed E-state index contributed by atoms with van der Waals surface area (Å²) in [6, 6.07) is 6.98. The van der Waals surface area contributed by atoms with E-state index in [9.17, 15) is 13.2 Å². The molecule has 4 aliphatic heterocycles. The van der Waals surface area contributed by atoms with E-state index in [2.05, 4.69) is 23.1 Å². The summed E-state index contributed by atoms with van der Waals surface area (Å²) in [6.07, 6.45) is 4.36. The molecular formula is C25H36N4O4S. The fourth-order valence-corrected chi connectivity index (χ4v) is 7.31. The predicted octanol–water partition coefficient (Wildman–Crippen LogP) is 2.20. The Labute approximate surface area is 203 Å². The number of fused-ring (bicyclic) bond motifs is 1. The number of hydrogen-bond donors (Lipinski definition) is 0. The van der Waals surface area contributed by atoms with Gasteiger partial charge in [0.05, 0.1) is 18.1 Å². The van der Waals surface area contributed by atoms with Crippen molar-refractivity contribution in [3.8, 4) is 0 Å². The molecule has 0 saturated carbocycles. The first kappa shape index (κ1) is 23.8. The van der Waals surface area contributed by atoms with Crippen molar-refractivity contribution in [2.75, 3.05) is 45.8 Å². The molecule has 3 unspecified atom stereocenters. The molecule has 0 bridgehead atoms. The van der Waals surface area contributed by atoms with Crippen molar-refractivity contribution >= 4 is 21.8 Å². The number of benzene rings is 1. The Morgan fingerprint density at radius 1 is 1.03 bits per heavy atom. The number of piperidine rings is 2. The van der Waals surface area contributed by atoms with Gasteiger partial charge in [-0.1, -0.05) is 12.1 Å². The average Bonchev–Trinajstić information content (AvgIpc) is 3.10. The van der Waals surface area contributed by atoms with Crippen molar-refractivity contribution in [2.24, 2.45) is 16.2 Å². The van der Waals surface area contributed by atoms with Gasteiger partial charge in [0.25, 0.3) is 10.0 Å². The molecule has 34 heavy (non-hydrogen) atoms. The highest BCUT2D eigenvalue weighted by atomic mass is 32.2. The minimum Gasteiger partial charge on any atom is -0.373 e. The van der Waals surface area contributed by atoms with Crippen molar-refractivity contribution in [3.05, 3.63) is 29.8 Å². The fourth-order valence-electron chi connectivity index (χ4n) is 6.08. The van der Waals surface area contributed by atoms with E-state index in [1.165, 1.54) is 0 Å². The van der Waals surface area contributed by atoms with E-state index in [0.29, 0.717) is 23.9 Å². The zero-order chi connectivity index (χ0) is 23.9. The summed E-state index contributed by atoms with van der Waals surface area (Å²) in [5, 5.41) is 0. The fraction of sp³-hybridized carbons (Fsp3) is 0.680. The van der Waals surface area contributed by atoms with E-state index in [1.54, 1.807) is 12.1 Å². The van der Waals surface area contributed by atoms with Gasteiger partial charge in [-0.25, -0.2) is 0 Å². The van der Waals surface area contributed by atoms with Gasteiger partial charge < -0.3 is 14.5 Å². The second-order valence-corrected chi connectivity index (χ2v) is 12.0. The lowest BCUT2D eigenvalue weighted by molar-refractivity contribution is -0.138. The zero-order valence-electron chi connectivity index (χ0n) is 20.2. The number of rotatable bonds is 3. The molecule has 1 aromatic carbocycles. The lowest BCUT2D eigenvalue weighted by Gasteiger charge is -2.41. The number of likely N-dealkylation sites (tertiary alicyclic amines) is 2. The molecule has 4 aliphatic rings. The highest BCUT2D eigenvalue weighted by molar-refractivity contribution is 7.90. The number of carbonyl (C=O) groups excluding carboxylic acids is 1. The van der Waals surface area contributed by atoms with Crippen LogP contribution < -0.4 is 0 Å². The van der Waals surface area contributed by atoms with Gasteiger partial charge >= 0.3 is 0 Å². The van der Waals surface area contributed by atoms with Crippen LogP contribution in [0.4, 0.5) is 0 Å². The molecule has 0 aliphatic carbocycles. The summed E-state index contributed by atoms with van der Waals surface area (Å²) in [6.45, 7) is 10.2. The molecule has 4 heterocycles. The Morgan fingerprint density at radius 3 is 2.47 bits per heavy atom. The van der Waals surface area contributed by atoms with E-state index in [1.807, 2.05) is 21.9 Å². The summed E-state index contributed by atoms with van der Waals surface area (Å²) in [7, 11) is -3.65. The lowest BCUT2D eigenvalue weighted by Crippen LogP contribution is -2.50. The number of carbonyl (C=O) groups is 1. The molecule has 8 nitrogen and oxygen atoms in total. The normalized spacial score (nSPS) is 30.2. The Morgan fingerprint density at radius 2 is 1.74 bits per heavy atom. The van der Waals surface area contributed by atoms with Gasteiger partial charge in [-0.3, -0.25) is 9.69 Å². The van der Waals surface area contributed by atoms with Crippen LogP contribution in [0.25, 0.3) is 0 Å². The first-order chi connectivity index (χ1) is 16.3. The molecule has 5 rings (SSSR count). The van der Waals surface area contributed by atoms with Gasteiger partial charge in [0, 0.05) is 51.4 Å². The second-order valence-electron chi connectivity index (χ2n) is 10.4. The smallest absolute Gasteiger partial charge is 0.285 e. The predicted molar refractivity (Wildman–Crippen MR) is 130 cm³/mol. The summed E-state index contributed by atoms with van der Waals surface area (Å²) in [5.41, 5.74) is 0.656. The van der Waals surface area contributed by atoms with E-state index < -0.39 is 10.0 Å². The number of sulfonamides is 1. The Bertz CT molecular complexity index is 1040. The van der Waals surface area contributed by atoms with Crippen molar-refractivity contribution in [3.63, 3.8) is 0 Å². The Hall–Kier alpha value is -1.97. The first-order valence-corrected chi connectivity index (χ1v) is 14.1. The number of hydrogen-bond acceptors (Lipinski definition) is 6. The van der Waals surface area contributed by atoms with Gasteiger partial charge in [-0.2, -0.15) is 8.42 Å². The third kappa shape index (κ3) is 4.88. The van der Waals surface area contributed by atoms with Gasteiger partial charge in [-0.05, 0) is 57.6 Å². The molecule has 3 fully saturated rings. The molecule has 0 radical (unpaired) electrons. The number of ether oxygens (including phenoxy) is 1. The summed E-state index contributed by atoms with van der Waals surface area (Å²) >= 11 is 0. The highest BCUT2D eigenvalue weighted by Gasteiger charge is 2.37. The molecule has 186 valence electrons. The maximum Gasteiger partial charge on any atom is 0.285 e. The quantitative estimate of drug-likeness (QED) is 0.649. The molecular weight excluding hydrogens is 452 g/mol. The topological polar surface area (TPSA) is 82.5 Å². The van der Waals surface area contributed by atoms with Crippen molar-refractivity contribution in [1.29, 1.82) is 0 Å². The molecule has 0 N–H and O–H groups in total. The number of amides is 1. The highest BCUT2D eigenvalue weighted by Crippen LogP contribution is 2.31. The molecule has 3 saturated heterocycles. The van der Waals surface area contributed by atoms with E-state index in [4.69, 9.17) is 4.74 Å². The Kier molecular flexibility index (Phi) is 6.70. The van der Waals surface area contributed by atoms with Crippen LogP contribution in [0, 0.1) is 11.8 Å². The van der Waals surface area contributed by atoms with Crippen LogP contribution >= 0.6 is 0 Å². The minimum absolute atomic E-state index is 0.107. The second kappa shape index (κ2) is 9.59. The Balaban J connectivity index is 1.17. The summed E-state index contributed by atoms with van der Waals surface area (Å²) in [5.74, 6) is 1.23. The van der Waals surface area contributed by atoms with Crippen LogP contribution in [0.1, 0.15) is 45.1 Å². The number of amidine groups is 1. The largest absolute Gasteiger partial charge is 0.373 e. The van der Waals surface area contributed by atoms with Crippen LogP contribution in [0.5, 0.6) is 0 Å². The SMILES string of the molecule is CC1CN(CC2CCN(C(=O)C3CCCN(C4=NS(=O)(=O)c5ccccc54)C3)CC2)CC(C)O1. The van der Waals surface area contributed by atoms with E-state index >= 15 is 0 Å². The van der Waals surface area contributed by atoms with Crippen molar-refractivity contribution in [2.45, 2.75) is 56.6 Å². The van der Waals surface area contributed by atoms with Gasteiger partial charge in [0.2, 0.25) is 5.91 Å². The standard InChI is InChI=1S/C25H36N4O4S/c1-18-14-27(15-19(2)33-18)16-20-9-12-28(13-10-20)25(30)21-6-5-11-29(17-21)24-22-7-3-4-8-23(22)34(31,32)26-24/h3-4,7-8,18-21H,5-6,9-17H2,1-2H3. The van der Waals surface area contributed by atoms with Crippen molar-refractivity contribution in [1.82, 2.24) is 14.7 Å². The van der Waals surface area contributed by atoms with Crippen LogP contribution in [-0.2, 0) is 19.6 Å². The molecule has 3 atom stereocenters. The summed E-state index contributed by atoms with van der Waals surface area (Å²) in [4.78, 5) is 20.2. The number of morpholine rings is 1. The summed E-state index contributed by atoms with van der Waals surface area (Å²) < 4.78 is 34.9. The van der Waals surface area contributed by atoms with Gasteiger partial charge in [-0.15, -0.1) is 4.40 Å². The monoisotopic (exact) mass is 488 g/mol. The van der Waals surface area contributed by atoms with Crippen LogP contribution in [0.15, 0.2) is 33.6 Å². The maximum atomic E-state index is 13.4. The molecule has 1 aromatic rings. The first-order valence-electron chi connectivity index (χ1n) is 12.7. The van der Waals surface area contributed by atoms with Crippen LogP contribution in [-0.4, -0.2) is 92.9 Å². The third-order valence-electron chi connectivity index (χ3n) is 7.62. The van der Waals surface area contributed by atoms with Crippen LogP contribution in [0.2, 0.25) is 0 Å². The van der Waals surface area contributed by atoms with Gasteiger partial charge in [0.15, 0.2) is 5.84 Å². The van der Waals surface area contributed by atoms with Gasteiger partial charge in [0.1, 0.15) is 4.90 Å². The maximum absolute atomic E-state index is 13.4. The van der Waals surface area contributed by atoms with Crippen LogP contribution in [0.3, 0.4) is 0 Å². The molecule has 0 spiro atoms. The lowest BCUT2D eigenvalue weighted by atomic mass is 9.92. The molecule has 1 amide bonds. The average molecular weight is 489 g/mol. The molecule has 9 heteroatoms. The number of nitrogens with zero attached hydrogens (tertiary/aromatic N) is 4. The minimum atomic E-state index is -3.65. The van der Waals surface area contributed by atoms with E-state index in [0.717, 1.165) is 65.0 Å². The third-order valence-corrected chi connectivity index (χ3v) is 8.95. The zero-order valence-corrected chi connectivity index (χ0v) is 21.0. The molecule has 0 aromatic heterocycles. The van der Waals surface area contributed by atoms with E-state index in [-0.39, 0.29) is 28.9 Å².